The van der Waals surface area contributed by atoms with Gasteiger partial charge in [-0.1, -0.05) is 22.0 Å². The summed E-state index contributed by atoms with van der Waals surface area (Å²) in [5.41, 5.74) is 1.45. The first-order valence-corrected chi connectivity index (χ1v) is 7.92. The van der Waals surface area contributed by atoms with Gasteiger partial charge in [0.05, 0.1) is 7.11 Å². The Hall–Kier alpha value is -2.27. The van der Waals surface area contributed by atoms with E-state index in [4.69, 9.17) is 14.2 Å². The second kappa shape index (κ2) is 6.87. The Labute approximate surface area is 142 Å². The highest BCUT2D eigenvalue weighted by Gasteiger charge is 2.17. The van der Waals surface area contributed by atoms with Gasteiger partial charge in [0.1, 0.15) is 13.2 Å². The molecule has 1 heterocycles. The van der Waals surface area contributed by atoms with Gasteiger partial charge >= 0.3 is 0 Å². The summed E-state index contributed by atoms with van der Waals surface area (Å²) < 4.78 is 17.4. The number of hydrogen-bond donors (Lipinski definition) is 0. The molecule has 0 radical (unpaired) electrons. The van der Waals surface area contributed by atoms with Gasteiger partial charge in [0.2, 0.25) is 5.75 Å². The first-order chi connectivity index (χ1) is 11.2. The molecule has 0 N–H and O–H groups in total. The Morgan fingerprint density at radius 3 is 2.65 bits per heavy atom. The van der Waals surface area contributed by atoms with Gasteiger partial charge in [-0.3, -0.25) is 4.79 Å². The Morgan fingerprint density at radius 2 is 1.91 bits per heavy atom. The normalized spacial score (nSPS) is 13.1. The van der Waals surface area contributed by atoms with Gasteiger partial charge in [-0.15, -0.1) is 0 Å². The number of ether oxygens (including phenoxy) is 3. The Kier molecular flexibility index (Phi) is 4.67. The zero-order valence-electron chi connectivity index (χ0n) is 12.5. The molecular formula is C18H15BrO4. The standard InChI is InChI=1S/C18H15BrO4/c1-21-16-10-12(11-17-18(16)23-9-8-22-17)2-7-15(20)13-3-5-14(19)6-4-13/h2-7,10-11H,8-9H2,1H3/b7-2+. The summed E-state index contributed by atoms with van der Waals surface area (Å²) in [6.45, 7) is 1.00. The van der Waals surface area contributed by atoms with Crippen molar-refractivity contribution in [1.82, 2.24) is 0 Å². The predicted octanol–water partition coefficient (Wildman–Crippen LogP) is 4.13. The molecule has 0 aliphatic carbocycles. The molecule has 1 aliphatic heterocycles. The van der Waals surface area contributed by atoms with E-state index in [2.05, 4.69) is 15.9 Å². The Morgan fingerprint density at radius 1 is 1.17 bits per heavy atom. The third-order valence-electron chi connectivity index (χ3n) is 3.41. The molecule has 0 aromatic heterocycles. The molecular weight excluding hydrogens is 360 g/mol. The molecule has 2 aromatic carbocycles. The average molecular weight is 375 g/mol. The fourth-order valence-corrected chi connectivity index (χ4v) is 2.54. The maximum Gasteiger partial charge on any atom is 0.203 e. The predicted molar refractivity (Wildman–Crippen MR) is 91.5 cm³/mol. The third-order valence-corrected chi connectivity index (χ3v) is 3.93. The summed E-state index contributed by atoms with van der Waals surface area (Å²) in [6, 6.07) is 10.9. The fraction of sp³-hybridized carbons (Fsp3) is 0.167. The van der Waals surface area contributed by atoms with Crippen molar-refractivity contribution in [2.45, 2.75) is 0 Å². The highest BCUT2D eigenvalue weighted by atomic mass is 79.9. The van der Waals surface area contributed by atoms with E-state index in [0.29, 0.717) is 36.0 Å². The minimum absolute atomic E-state index is 0.0636. The summed E-state index contributed by atoms with van der Waals surface area (Å²) in [5, 5.41) is 0. The minimum atomic E-state index is -0.0636. The van der Waals surface area contributed by atoms with Gasteiger partial charge in [0.25, 0.3) is 0 Å². The number of hydrogen-bond acceptors (Lipinski definition) is 4. The second-order valence-electron chi connectivity index (χ2n) is 4.95. The van der Waals surface area contributed by atoms with Crippen molar-refractivity contribution in [1.29, 1.82) is 0 Å². The van der Waals surface area contributed by atoms with Crippen LogP contribution >= 0.6 is 15.9 Å². The van der Waals surface area contributed by atoms with Crippen molar-refractivity contribution in [2.24, 2.45) is 0 Å². The zero-order chi connectivity index (χ0) is 16.2. The summed E-state index contributed by atoms with van der Waals surface area (Å²) in [6.07, 6.45) is 3.28. The molecule has 4 nitrogen and oxygen atoms in total. The topological polar surface area (TPSA) is 44.8 Å². The highest BCUT2D eigenvalue weighted by Crippen LogP contribution is 2.40. The van der Waals surface area contributed by atoms with Gasteiger partial charge in [-0.05, 0) is 48.0 Å². The van der Waals surface area contributed by atoms with Crippen molar-refractivity contribution >= 4 is 27.8 Å². The zero-order valence-corrected chi connectivity index (χ0v) is 14.1. The van der Waals surface area contributed by atoms with Crippen LogP contribution in [-0.4, -0.2) is 26.1 Å². The number of benzene rings is 2. The van der Waals surface area contributed by atoms with E-state index in [0.717, 1.165) is 10.0 Å². The lowest BCUT2D eigenvalue weighted by molar-refractivity contribution is 0.104. The molecule has 2 aromatic rings. The number of fused-ring (bicyclic) bond motifs is 1. The molecule has 118 valence electrons. The lowest BCUT2D eigenvalue weighted by Crippen LogP contribution is -2.16. The summed E-state index contributed by atoms with van der Waals surface area (Å²) in [5.74, 6) is 1.77. The fourth-order valence-electron chi connectivity index (χ4n) is 2.27. The van der Waals surface area contributed by atoms with E-state index < -0.39 is 0 Å². The van der Waals surface area contributed by atoms with E-state index in [-0.39, 0.29) is 5.78 Å². The number of carbonyl (C=O) groups is 1. The molecule has 0 amide bonds. The molecule has 3 rings (SSSR count). The smallest absolute Gasteiger partial charge is 0.203 e. The van der Waals surface area contributed by atoms with Crippen molar-refractivity contribution in [3.05, 3.63) is 58.1 Å². The number of carbonyl (C=O) groups excluding carboxylic acids is 1. The molecule has 0 fully saturated rings. The van der Waals surface area contributed by atoms with Crippen LogP contribution in [0, 0.1) is 0 Å². The highest BCUT2D eigenvalue weighted by molar-refractivity contribution is 9.10. The van der Waals surface area contributed by atoms with E-state index in [9.17, 15) is 4.79 Å². The summed E-state index contributed by atoms with van der Waals surface area (Å²) in [7, 11) is 1.58. The van der Waals surface area contributed by atoms with Crippen LogP contribution in [0.2, 0.25) is 0 Å². The lowest BCUT2D eigenvalue weighted by Gasteiger charge is -2.20. The van der Waals surface area contributed by atoms with Crippen LogP contribution in [0.15, 0.2) is 46.9 Å². The van der Waals surface area contributed by atoms with Crippen molar-refractivity contribution in [2.75, 3.05) is 20.3 Å². The van der Waals surface area contributed by atoms with Gasteiger partial charge in [0.15, 0.2) is 17.3 Å². The van der Waals surface area contributed by atoms with Crippen molar-refractivity contribution in [3.8, 4) is 17.2 Å². The van der Waals surface area contributed by atoms with Crippen molar-refractivity contribution < 1.29 is 19.0 Å². The van der Waals surface area contributed by atoms with Crippen LogP contribution in [0.25, 0.3) is 6.08 Å². The molecule has 1 aliphatic rings. The SMILES string of the molecule is COc1cc(/C=C/C(=O)c2ccc(Br)cc2)cc2c1OCCO2. The number of allylic oxidation sites excluding steroid dienone is 1. The molecule has 23 heavy (non-hydrogen) atoms. The maximum atomic E-state index is 12.2. The second-order valence-corrected chi connectivity index (χ2v) is 5.87. The molecule has 5 heteroatoms. The lowest BCUT2D eigenvalue weighted by atomic mass is 10.1. The van der Waals surface area contributed by atoms with Gasteiger partial charge in [-0.25, -0.2) is 0 Å². The summed E-state index contributed by atoms with van der Waals surface area (Å²) >= 11 is 3.35. The van der Waals surface area contributed by atoms with Crippen LogP contribution in [0.5, 0.6) is 17.2 Å². The first kappa shape index (κ1) is 15.6. The van der Waals surface area contributed by atoms with Gasteiger partial charge < -0.3 is 14.2 Å². The molecule has 0 saturated heterocycles. The number of ketones is 1. The van der Waals surface area contributed by atoms with Gasteiger partial charge in [-0.2, -0.15) is 0 Å². The number of rotatable bonds is 4. The van der Waals surface area contributed by atoms with Crippen molar-refractivity contribution in [3.63, 3.8) is 0 Å². The Bertz CT molecular complexity index is 733. The monoisotopic (exact) mass is 374 g/mol. The number of halogens is 1. The number of methoxy groups -OCH3 is 1. The first-order valence-electron chi connectivity index (χ1n) is 7.13. The molecule has 0 atom stereocenters. The summed E-state index contributed by atoms with van der Waals surface area (Å²) in [4.78, 5) is 12.2. The van der Waals surface area contributed by atoms with E-state index in [1.54, 1.807) is 25.3 Å². The molecule has 0 unspecified atom stereocenters. The third kappa shape index (κ3) is 3.56. The Balaban J connectivity index is 1.84. The minimum Gasteiger partial charge on any atom is -0.493 e. The van der Waals surface area contributed by atoms with Crippen LogP contribution in [0.4, 0.5) is 0 Å². The largest absolute Gasteiger partial charge is 0.493 e. The van der Waals surface area contributed by atoms with Crippen LogP contribution in [0.3, 0.4) is 0 Å². The van der Waals surface area contributed by atoms with Crippen LogP contribution < -0.4 is 14.2 Å². The molecule has 0 bridgehead atoms. The van der Waals surface area contributed by atoms with E-state index >= 15 is 0 Å². The van der Waals surface area contributed by atoms with Crippen LogP contribution in [-0.2, 0) is 0 Å². The van der Waals surface area contributed by atoms with Gasteiger partial charge in [0, 0.05) is 10.0 Å². The average Bonchev–Trinajstić information content (AvgIpc) is 2.59. The molecule has 0 spiro atoms. The van der Waals surface area contributed by atoms with E-state index in [1.807, 2.05) is 24.3 Å². The quantitative estimate of drug-likeness (QED) is 0.596. The van der Waals surface area contributed by atoms with E-state index in [1.165, 1.54) is 6.08 Å². The molecule has 0 saturated carbocycles. The maximum absolute atomic E-state index is 12.2. The van der Waals surface area contributed by atoms with Crippen LogP contribution in [0.1, 0.15) is 15.9 Å².